The molecule has 1 aromatic carbocycles. The second-order valence-corrected chi connectivity index (χ2v) is 5.26. The highest BCUT2D eigenvalue weighted by Crippen LogP contribution is 2.48. The van der Waals surface area contributed by atoms with Gasteiger partial charge in [0.2, 0.25) is 5.91 Å². The summed E-state index contributed by atoms with van der Waals surface area (Å²) in [6.07, 6.45) is 1.32. The molecular formula is C15H18FNO3. The van der Waals surface area contributed by atoms with Crippen LogP contribution in [0.15, 0.2) is 24.3 Å². The van der Waals surface area contributed by atoms with Gasteiger partial charge in [-0.25, -0.2) is 4.39 Å². The summed E-state index contributed by atoms with van der Waals surface area (Å²) in [6, 6.07) is 6.26. The summed E-state index contributed by atoms with van der Waals surface area (Å²) in [4.78, 5) is 24.2. The predicted molar refractivity (Wildman–Crippen MR) is 71.8 cm³/mol. The Bertz CT molecular complexity index is 500. The first-order valence-corrected chi connectivity index (χ1v) is 6.71. The van der Waals surface area contributed by atoms with Gasteiger partial charge in [-0.15, -0.1) is 0 Å². The van der Waals surface area contributed by atoms with Crippen molar-refractivity contribution >= 4 is 11.9 Å². The Morgan fingerprint density at radius 2 is 2.00 bits per heavy atom. The molecule has 108 valence electrons. The minimum absolute atomic E-state index is 0.0460. The van der Waals surface area contributed by atoms with Crippen molar-refractivity contribution in [3.8, 4) is 0 Å². The third kappa shape index (κ3) is 3.56. The van der Waals surface area contributed by atoms with Crippen LogP contribution in [0.25, 0.3) is 0 Å². The summed E-state index contributed by atoms with van der Waals surface area (Å²) in [5, 5.41) is 8.57. The van der Waals surface area contributed by atoms with Crippen LogP contribution in [0.5, 0.6) is 0 Å². The number of benzene rings is 1. The summed E-state index contributed by atoms with van der Waals surface area (Å²) >= 11 is 0. The molecule has 1 fully saturated rings. The van der Waals surface area contributed by atoms with E-state index in [2.05, 4.69) is 0 Å². The van der Waals surface area contributed by atoms with Crippen LogP contribution >= 0.6 is 0 Å². The summed E-state index contributed by atoms with van der Waals surface area (Å²) in [7, 11) is 1.70. The van der Waals surface area contributed by atoms with Gasteiger partial charge in [0.05, 0.1) is 0 Å². The largest absolute Gasteiger partial charge is 0.481 e. The molecule has 0 unspecified atom stereocenters. The number of carboxylic acid groups (broad SMARTS) is 1. The molecular weight excluding hydrogens is 261 g/mol. The topological polar surface area (TPSA) is 57.6 Å². The van der Waals surface area contributed by atoms with E-state index in [0.717, 1.165) is 12.0 Å². The Morgan fingerprint density at radius 3 is 2.60 bits per heavy atom. The zero-order chi connectivity index (χ0) is 14.7. The quantitative estimate of drug-likeness (QED) is 0.869. The van der Waals surface area contributed by atoms with Gasteiger partial charge in [-0.1, -0.05) is 12.1 Å². The fourth-order valence-electron chi connectivity index (χ4n) is 2.41. The molecule has 0 saturated heterocycles. The molecule has 0 radical (unpaired) electrons. The highest BCUT2D eigenvalue weighted by Gasteiger charge is 2.44. The minimum Gasteiger partial charge on any atom is -0.481 e. The molecule has 0 heterocycles. The van der Waals surface area contributed by atoms with Crippen molar-refractivity contribution in [2.45, 2.75) is 25.2 Å². The summed E-state index contributed by atoms with van der Waals surface area (Å²) in [6.45, 7) is 0.456. The lowest BCUT2D eigenvalue weighted by atomic mass is 10.1. The Hall–Kier alpha value is -1.91. The van der Waals surface area contributed by atoms with E-state index in [9.17, 15) is 14.0 Å². The van der Waals surface area contributed by atoms with Gasteiger partial charge in [0.1, 0.15) is 5.82 Å². The maximum absolute atomic E-state index is 12.8. The van der Waals surface area contributed by atoms with Gasteiger partial charge in [0.25, 0.3) is 0 Å². The second kappa shape index (κ2) is 6.03. The number of nitrogens with zero attached hydrogens (tertiary/aromatic N) is 1. The van der Waals surface area contributed by atoms with Gasteiger partial charge in [-0.05, 0) is 36.5 Å². The van der Waals surface area contributed by atoms with Crippen molar-refractivity contribution in [3.05, 3.63) is 35.6 Å². The average Bonchev–Trinajstić information content (AvgIpc) is 3.18. The van der Waals surface area contributed by atoms with Crippen molar-refractivity contribution in [1.29, 1.82) is 0 Å². The maximum atomic E-state index is 12.8. The smallest absolute Gasteiger partial charge is 0.303 e. The minimum atomic E-state index is -0.846. The summed E-state index contributed by atoms with van der Waals surface area (Å²) < 4.78 is 12.8. The van der Waals surface area contributed by atoms with Crippen molar-refractivity contribution in [2.75, 3.05) is 13.6 Å². The van der Waals surface area contributed by atoms with Crippen LogP contribution in [0.4, 0.5) is 4.39 Å². The Morgan fingerprint density at radius 1 is 1.35 bits per heavy atom. The summed E-state index contributed by atoms with van der Waals surface area (Å²) in [5.74, 6) is -0.949. The first-order valence-electron chi connectivity index (χ1n) is 6.71. The number of hydrogen-bond donors (Lipinski definition) is 1. The Balaban J connectivity index is 1.83. The molecule has 1 aromatic rings. The SMILES string of the molecule is CN(CCCC(=O)O)C(=O)[C@H]1C[C@H]1c1ccc(F)cc1. The lowest BCUT2D eigenvalue weighted by molar-refractivity contribution is -0.138. The fraction of sp³-hybridized carbons (Fsp3) is 0.467. The van der Waals surface area contributed by atoms with Crippen LogP contribution in [-0.2, 0) is 9.59 Å². The van der Waals surface area contributed by atoms with Crippen molar-refractivity contribution in [1.82, 2.24) is 4.90 Å². The number of carbonyl (C=O) groups is 2. The molecule has 0 aromatic heterocycles. The Kier molecular flexibility index (Phi) is 4.37. The number of carbonyl (C=O) groups excluding carboxylic acids is 1. The van der Waals surface area contributed by atoms with Gasteiger partial charge in [0.15, 0.2) is 0 Å². The third-order valence-corrected chi connectivity index (χ3v) is 3.67. The number of halogens is 1. The predicted octanol–water partition coefficient (Wildman–Crippen LogP) is 2.25. The molecule has 0 bridgehead atoms. The van der Waals surface area contributed by atoms with Gasteiger partial charge in [-0.3, -0.25) is 9.59 Å². The zero-order valence-electron chi connectivity index (χ0n) is 11.4. The molecule has 0 spiro atoms. The number of aliphatic carboxylic acids is 1. The molecule has 1 N–H and O–H groups in total. The van der Waals surface area contributed by atoms with Crippen LogP contribution in [0.1, 0.15) is 30.7 Å². The van der Waals surface area contributed by atoms with Crippen LogP contribution in [0.3, 0.4) is 0 Å². The Labute approximate surface area is 117 Å². The molecule has 4 nitrogen and oxygen atoms in total. The number of amides is 1. The van der Waals surface area contributed by atoms with E-state index in [-0.39, 0.29) is 30.0 Å². The third-order valence-electron chi connectivity index (χ3n) is 3.67. The van der Waals surface area contributed by atoms with Gasteiger partial charge < -0.3 is 10.0 Å². The van der Waals surface area contributed by atoms with Gasteiger partial charge in [-0.2, -0.15) is 0 Å². The van der Waals surface area contributed by atoms with Crippen molar-refractivity contribution in [3.63, 3.8) is 0 Å². The van der Waals surface area contributed by atoms with Crippen LogP contribution in [0, 0.1) is 11.7 Å². The molecule has 1 saturated carbocycles. The fourth-order valence-corrected chi connectivity index (χ4v) is 2.41. The van der Waals surface area contributed by atoms with Crippen LogP contribution < -0.4 is 0 Å². The zero-order valence-corrected chi connectivity index (χ0v) is 11.4. The first kappa shape index (κ1) is 14.5. The van der Waals surface area contributed by atoms with E-state index in [4.69, 9.17) is 5.11 Å². The summed E-state index contributed by atoms with van der Waals surface area (Å²) in [5.41, 5.74) is 0.990. The molecule has 2 atom stereocenters. The molecule has 5 heteroatoms. The molecule has 1 aliphatic rings. The normalized spacial score (nSPS) is 20.5. The van der Waals surface area contributed by atoms with Gasteiger partial charge in [0, 0.05) is 25.9 Å². The lowest BCUT2D eigenvalue weighted by Crippen LogP contribution is -2.29. The van der Waals surface area contributed by atoms with Crippen LogP contribution in [-0.4, -0.2) is 35.5 Å². The monoisotopic (exact) mass is 279 g/mol. The van der Waals surface area contributed by atoms with Gasteiger partial charge >= 0.3 is 5.97 Å². The van der Waals surface area contributed by atoms with Crippen LogP contribution in [0.2, 0.25) is 0 Å². The lowest BCUT2D eigenvalue weighted by Gasteiger charge is -2.16. The molecule has 2 rings (SSSR count). The van der Waals surface area contributed by atoms with E-state index in [0.29, 0.717) is 13.0 Å². The van der Waals surface area contributed by atoms with E-state index in [1.165, 1.54) is 12.1 Å². The maximum Gasteiger partial charge on any atom is 0.303 e. The number of rotatable bonds is 6. The molecule has 1 amide bonds. The molecule has 1 aliphatic carbocycles. The highest BCUT2D eigenvalue weighted by atomic mass is 19.1. The second-order valence-electron chi connectivity index (χ2n) is 5.26. The first-order chi connectivity index (χ1) is 9.49. The van der Waals surface area contributed by atoms with E-state index in [1.807, 2.05) is 0 Å². The number of hydrogen-bond acceptors (Lipinski definition) is 2. The molecule has 0 aliphatic heterocycles. The molecule has 20 heavy (non-hydrogen) atoms. The van der Waals surface area contributed by atoms with E-state index >= 15 is 0 Å². The van der Waals surface area contributed by atoms with Crippen molar-refractivity contribution < 1.29 is 19.1 Å². The highest BCUT2D eigenvalue weighted by molar-refractivity contribution is 5.82. The average molecular weight is 279 g/mol. The van der Waals surface area contributed by atoms with E-state index in [1.54, 1.807) is 24.1 Å². The van der Waals surface area contributed by atoms with E-state index < -0.39 is 5.97 Å². The standard InChI is InChI=1S/C15H18FNO3/c1-17(8-2-3-14(18)19)15(20)13-9-12(13)10-4-6-11(16)7-5-10/h4-7,12-13H,2-3,8-9H2,1H3,(H,18,19)/t12-,13-/m0/s1. The van der Waals surface area contributed by atoms with Crippen molar-refractivity contribution in [2.24, 2.45) is 5.92 Å². The number of carboxylic acids is 1.